The van der Waals surface area contributed by atoms with E-state index in [2.05, 4.69) is 27.1 Å². The molecule has 2 fully saturated rings. The first-order valence-electron chi connectivity index (χ1n) is 12.7. The maximum atomic E-state index is 13.9. The van der Waals surface area contributed by atoms with E-state index in [1.807, 2.05) is 11.0 Å². The van der Waals surface area contributed by atoms with Gasteiger partial charge in [0.2, 0.25) is 10.0 Å². The van der Waals surface area contributed by atoms with E-state index in [-0.39, 0.29) is 22.6 Å². The SMILES string of the molecule is COc1nc(-c2ccc(F)c(Cl)c2)c2c(N)c(NC(=O)C#CCN3CCN(S(C)(=O)=O)CC3)c(C3CC3)cc2n1. The van der Waals surface area contributed by atoms with E-state index < -0.39 is 21.7 Å². The smallest absolute Gasteiger partial charge is 0.317 e. The summed E-state index contributed by atoms with van der Waals surface area (Å²) in [5.74, 6) is 4.62. The molecule has 1 aliphatic carbocycles. The van der Waals surface area contributed by atoms with E-state index in [9.17, 15) is 17.6 Å². The molecule has 1 saturated carbocycles. The Bertz CT molecular complexity index is 1660. The Balaban J connectivity index is 1.44. The van der Waals surface area contributed by atoms with Crippen molar-refractivity contribution in [1.29, 1.82) is 0 Å². The number of nitrogens with two attached hydrogens (primary N) is 1. The van der Waals surface area contributed by atoms with Gasteiger partial charge in [-0.05, 0) is 54.5 Å². The monoisotopic (exact) mass is 586 g/mol. The Morgan fingerprint density at radius 2 is 1.95 bits per heavy atom. The summed E-state index contributed by atoms with van der Waals surface area (Å²) in [7, 11) is -1.77. The van der Waals surface area contributed by atoms with Crippen LogP contribution in [0.1, 0.15) is 24.3 Å². The lowest BCUT2D eigenvalue weighted by Crippen LogP contribution is -2.48. The number of nitrogens with one attached hydrogen (secondary N) is 1. The van der Waals surface area contributed by atoms with Crippen LogP contribution in [0.2, 0.25) is 5.02 Å². The number of aromatic nitrogens is 2. The van der Waals surface area contributed by atoms with Crippen LogP contribution in [0.25, 0.3) is 22.2 Å². The number of fused-ring (bicyclic) bond motifs is 1. The summed E-state index contributed by atoms with van der Waals surface area (Å²) >= 11 is 6.05. The molecule has 1 aromatic heterocycles. The van der Waals surface area contributed by atoms with E-state index in [1.165, 1.54) is 35.9 Å². The molecule has 0 radical (unpaired) electrons. The van der Waals surface area contributed by atoms with Gasteiger partial charge in [0.25, 0.3) is 5.91 Å². The molecule has 210 valence electrons. The molecule has 1 saturated heterocycles. The van der Waals surface area contributed by atoms with E-state index in [0.29, 0.717) is 60.6 Å². The van der Waals surface area contributed by atoms with Crippen molar-refractivity contribution in [2.75, 3.05) is 57.1 Å². The topological polar surface area (TPSA) is 131 Å². The molecule has 3 aromatic rings. The second-order valence-electron chi connectivity index (χ2n) is 9.80. The van der Waals surface area contributed by atoms with Gasteiger partial charge in [-0.15, -0.1) is 0 Å². The number of hydrogen-bond acceptors (Lipinski definition) is 8. The Morgan fingerprint density at radius 3 is 2.58 bits per heavy atom. The number of benzene rings is 2. The highest BCUT2D eigenvalue weighted by Crippen LogP contribution is 2.48. The number of nitrogen functional groups attached to an aromatic ring is 1. The summed E-state index contributed by atoms with van der Waals surface area (Å²) < 4.78 is 44.0. The van der Waals surface area contributed by atoms with E-state index in [4.69, 9.17) is 22.1 Å². The molecule has 2 aliphatic rings. The quantitative estimate of drug-likeness (QED) is 0.333. The number of amides is 1. The summed E-state index contributed by atoms with van der Waals surface area (Å²) in [6.45, 7) is 2.18. The summed E-state index contributed by atoms with van der Waals surface area (Å²) in [6, 6.07) is 6.21. The molecule has 3 N–H and O–H groups in total. The van der Waals surface area contributed by atoms with Crippen LogP contribution in [0.15, 0.2) is 24.3 Å². The number of carbonyl (C=O) groups excluding carboxylic acids is 1. The van der Waals surface area contributed by atoms with Gasteiger partial charge in [0.05, 0.1) is 52.9 Å². The molecule has 0 atom stereocenters. The summed E-state index contributed by atoms with van der Waals surface area (Å²) in [5.41, 5.74) is 9.66. The lowest BCUT2D eigenvalue weighted by molar-refractivity contribution is -0.111. The molecular formula is C27H28ClFN6O4S. The standard InChI is InChI=1S/C27H28ClFN6O4S/c1-39-27-31-21-15-18(16-5-6-16)26(24(30)23(21)25(33-27)17-7-8-20(29)19(28)14-17)32-22(36)4-3-9-34-10-12-35(13-11-34)40(2,37)38/h7-8,14-16H,5-6,9-13,30H2,1-2H3,(H,32,36). The van der Waals surface area contributed by atoms with Crippen LogP contribution in [-0.2, 0) is 14.8 Å². The fourth-order valence-electron chi connectivity index (χ4n) is 4.72. The number of halogens is 2. The molecule has 0 spiro atoms. The van der Waals surface area contributed by atoms with Gasteiger partial charge >= 0.3 is 6.01 Å². The van der Waals surface area contributed by atoms with Gasteiger partial charge in [-0.25, -0.2) is 12.8 Å². The number of ether oxygens (including phenoxy) is 1. The normalized spacial score (nSPS) is 16.4. The van der Waals surface area contributed by atoms with Crippen molar-refractivity contribution in [3.63, 3.8) is 0 Å². The van der Waals surface area contributed by atoms with Gasteiger partial charge in [-0.1, -0.05) is 17.5 Å². The van der Waals surface area contributed by atoms with Crippen molar-refractivity contribution in [1.82, 2.24) is 19.2 Å². The maximum Gasteiger partial charge on any atom is 0.317 e. The fourth-order valence-corrected chi connectivity index (χ4v) is 5.73. The number of anilines is 2. The molecule has 40 heavy (non-hydrogen) atoms. The molecule has 2 aromatic carbocycles. The summed E-state index contributed by atoms with van der Waals surface area (Å²) in [5, 5.41) is 3.27. The van der Waals surface area contributed by atoms with Crippen LogP contribution in [0.3, 0.4) is 0 Å². The van der Waals surface area contributed by atoms with Crippen molar-refractivity contribution in [3.8, 4) is 29.1 Å². The number of rotatable bonds is 6. The zero-order valence-corrected chi connectivity index (χ0v) is 23.6. The third-order valence-corrected chi connectivity index (χ3v) is 8.57. The van der Waals surface area contributed by atoms with Crippen molar-refractivity contribution < 1.29 is 22.3 Å². The minimum absolute atomic E-state index is 0.0714. The highest BCUT2D eigenvalue weighted by molar-refractivity contribution is 7.88. The Kier molecular flexibility index (Phi) is 7.83. The van der Waals surface area contributed by atoms with E-state index >= 15 is 0 Å². The van der Waals surface area contributed by atoms with Gasteiger partial charge in [0.15, 0.2) is 0 Å². The van der Waals surface area contributed by atoms with Crippen molar-refractivity contribution in [3.05, 3.63) is 40.7 Å². The Labute approximate surface area is 236 Å². The van der Waals surface area contributed by atoms with E-state index in [1.54, 1.807) is 0 Å². The van der Waals surface area contributed by atoms with Gasteiger partial charge in [0, 0.05) is 31.7 Å². The molecular weight excluding hydrogens is 559 g/mol. The zero-order valence-electron chi connectivity index (χ0n) is 22.0. The number of sulfonamides is 1. The lowest BCUT2D eigenvalue weighted by atomic mass is 9.98. The van der Waals surface area contributed by atoms with Crippen LogP contribution < -0.4 is 15.8 Å². The maximum absolute atomic E-state index is 13.9. The van der Waals surface area contributed by atoms with Crippen LogP contribution >= 0.6 is 11.6 Å². The van der Waals surface area contributed by atoms with Crippen molar-refractivity contribution in [2.45, 2.75) is 18.8 Å². The van der Waals surface area contributed by atoms with Crippen molar-refractivity contribution >= 4 is 49.8 Å². The molecule has 1 amide bonds. The second-order valence-corrected chi connectivity index (χ2v) is 12.2. The van der Waals surface area contributed by atoms with E-state index in [0.717, 1.165) is 18.4 Å². The number of carbonyl (C=O) groups is 1. The highest BCUT2D eigenvalue weighted by atomic mass is 35.5. The number of hydrogen-bond donors (Lipinski definition) is 2. The molecule has 2 heterocycles. The second kappa shape index (κ2) is 11.2. The minimum Gasteiger partial charge on any atom is -0.467 e. The van der Waals surface area contributed by atoms with Crippen LogP contribution in [0.4, 0.5) is 15.8 Å². The van der Waals surface area contributed by atoms with Gasteiger partial charge in [-0.3, -0.25) is 9.69 Å². The first-order valence-corrected chi connectivity index (χ1v) is 14.9. The summed E-state index contributed by atoms with van der Waals surface area (Å²) in [4.78, 5) is 23.9. The molecule has 0 unspecified atom stereocenters. The largest absolute Gasteiger partial charge is 0.467 e. The van der Waals surface area contributed by atoms with Crippen LogP contribution in [0, 0.1) is 17.7 Å². The predicted molar refractivity (Wildman–Crippen MR) is 152 cm³/mol. The fraction of sp³-hybridized carbons (Fsp3) is 0.370. The number of methoxy groups -OCH3 is 1. The predicted octanol–water partition coefficient (Wildman–Crippen LogP) is 3.08. The average Bonchev–Trinajstić information content (AvgIpc) is 3.76. The number of nitrogens with zero attached hydrogens (tertiary/aromatic N) is 4. The molecule has 13 heteroatoms. The first-order chi connectivity index (χ1) is 19.0. The van der Waals surface area contributed by atoms with Crippen LogP contribution in [-0.4, -0.2) is 79.6 Å². The van der Waals surface area contributed by atoms with Crippen LogP contribution in [0.5, 0.6) is 6.01 Å². The van der Waals surface area contributed by atoms with Gasteiger partial charge in [0.1, 0.15) is 5.82 Å². The molecule has 5 rings (SSSR count). The van der Waals surface area contributed by atoms with Gasteiger partial charge in [-0.2, -0.15) is 14.3 Å². The highest BCUT2D eigenvalue weighted by Gasteiger charge is 2.30. The number of piperazine rings is 1. The summed E-state index contributed by atoms with van der Waals surface area (Å²) in [6.07, 6.45) is 3.09. The van der Waals surface area contributed by atoms with Gasteiger partial charge < -0.3 is 15.8 Å². The zero-order chi connectivity index (χ0) is 28.6. The molecule has 1 aliphatic heterocycles. The average molecular weight is 587 g/mol. The molecule has 10 nitrogen and oxygen atoms in total. The lowest BCUT2D eigenvalue weighted by Gasteiger charge is -2.31. The Morgan fingerprint density at radius 1 is 1.23 bits per heavy atom. The molecule has 0 bridgehead atoms. The Hall–Kier alpha value is -3.50. The third kappa shape index (κ3) is 5.97. The van der Waals surface area contributed by atoms with Crippen molar-refractivity contribution in [2.24, 2.45) is 0 Å². The first kappa shape index (κ1) is 28.0. The third-order valence-electron chi connectivity index (χ3n) is 6.97. The minimum atomic E-state index is -3.22.